The Bertz CT molecular complexity index is 517. The van der Waals surface area contributed by atoms with E-state index in [4.69, 9.17) is 5.84 Å². The lowest BCUT2D eigenvalue weighted by Crippen LogP contribution is -2.42. The summed E-state index contributed by atoms with van der Waals surface area (Å²) in [4.78, 5) is 14.9. The zero-order chi connectivity index (χ0) is 14.1. The van der Waals surface area contributed by atoms with Crippen LogP contribution in [0.3, 0.4) is 0 Å². The Morgan fingerprint density at radius 2 is 2.20 bits per heavy atom. The van der Waals surface area contributed by atoms with Gasteiger partial charge in [-0.2, -0.15) is 0 Å². The molecule has 5 heteroatoms. The van der Waals surface area contributed by atoms with E-state index < -0.39 is 0 Å². The molecule has 3 rings (SSSR count). The van der Waals surface area contributed by atoms with Crippen LogP contribution < -0.4 is 16.6 Å². The number of nitrogens with zero attached hydrogens (tertiary/aromatic N) is 1. The maximum atomic E-state index is 12.4. The van der Waals surface area contributed by atoms with Crippen LogP contribution in [0.15, 0.2) is 18.2 Å². The number of hydrogen-bond donors (Lipinski definition) is 3. The SMILES string of the molecule is Cc1cc(C(=O)NC2CCN3CCCC23)ccc1NN. The molecule has 0 aromatic heterocycles. The average Bonchev–Trinajstić information content (AvgIpc) is 3.03. The van der Waals surface area contributed by atoms with E-state index in [0.717, 1.165) is 24.2 Å². The zero-order valence-corrected chi connectivity index (χ0v) is 11.9. The number of carbonyl (C=O) groups is 1. The van der Waals surface area contributed by atoms with E-state index in [9.17, 15) is 4.79 Å². The van der Waals surface area contributed by atoms with Gasteiger partial charge in [-0.05, 0) is 56.5 Å². The second kappa shape index (κ2) is 5.42. The van der Waals surface area contributed by atoms with Gasteiger partial charge in [0.25, 0.3) is 5.91 Å². The normalized spacial score (nSPS) is 25.5. The molecule has 1 amide bonds. The minimum atomic E-state index is 0.0235. The van der Waals surface area contributed by atoms with Crippen LogP contribution in [0.4, 0.5) is 5.69 Å². The second-order valence-electron chi connectivity index (χ2n) is 5.79. The number of nitrogen functional groups attached to an aromatic ring is 1. The molecule has 2 saturated heterocycles. The summed E-state index contributed by atoms with van der Waals surface area (Å²) < 4.78 is 0. The molecule has 1 aromatic rings. The van der Waals surface area contributed by atoms with Crippen molar-refractivity contribution in [1.29, 1.82) is 0 Å². The van der Waals surface area contributed by atoms with Gasteiger partial charge in [-0.1, -0.05) is 0 Å². The molecule has 0 bridgehead atoms. The van der Waals surface area contributed by atoms with E-state index in [1.165, 1.54) is 19.4 Å². The van der Waals surface area contributed by atoms with Crippen LogP contribution in [0.2, 0.25) is 0 Å². The highest BCUT2D eigenvalue weighted by Crippen LogP contribution is 2.28. The van der Waals surface area contributed by atoms with Crippen LogP contribution in [0, 0.1) is 6.92 Å². The van der Waals surface area contributed by atoms with Gasteiger partial charge in [-0.3, -0.25) is 15.5 Å². The molecule has 108 valence electrons. The molecule has 0 radical (unpaired) electrons. The minimum Gasteiger partial charge on any atom is -0.348 e. The summed E-state index contributed by atoms with van der Waals surface area (Å²) in [5, 5.41) is 3.20. The standard InChI is InChI=1S/C15H22N4O/c1-10-9-11(4-5-12(10)18-16)15(20)17-13-6-8-19-7-2-3-14(13)19/h4-5,9,13-14,18H,2-3,6-8,16H2,1H3,(H,17,20). The molecule has 2 atom stereocenters. The summed E-state index contributed by atoms with van der Waals surface area (Å²) in [6, 6.07) is 6.40. The van der Waals surface area contributed by atoms with Crippen molar-refractivity contribution in [3.05, 3.63) is 29.3 Å². The lowest BCUT2D eigenvalue weighted by molar-refractivity contribution is 0.0929. The highest BCUT2D eigenvalue weighted by atomic mass is 16.1. The van der Waals surface area contributed by atoms with Crippen LogP contribution in [0.1, 0.15) is 35.2 Å². The molecule has 0 saturated carbocycles. The fourth-order valence-corrected chi connectivity index (χ4v) is 3.47. The summed E-state index contributed by atoms with van der Waals surface area (Å²) in [6.07, 6.45) is 3.53. The fourth-order valence-electron chi connectivity index (χ4n) is 3.47. The van der Waals surface area contributed by atoms with Gasteiger partial charge in [0.1, 0.15) is 0 Å². The minimum absolute atomic E-state index is 0.0235. The van der Waals surface area contributed by atoms with Gasteiger partial charge in [-0.25, -0.2) is 0 Å². The highest BCUT2D eigenvalue weighted by molar-refractivity contribution is 5.95. The van der Waals surface area contributed by atoms with Gasteiger partial charge in [0.05, 0.1) is 5.69 Å². The van der Waals surface area contributed by atoms with E-state index in [1.54, 1.807) is 0 Å². The smallest absolute Gasteiger partial charge is 0.251 e. The molecule has 20 heavy (non-hydrogen) atoms. The first-order valence-corrected chi connectivity index (χ1v) is 7.31. The largest absolute Gasteiger partial charge is 0.348 e. The van der Waals surface area contributed by atoms with Crippen molar-refractivity contribution < 1.29 is 4.79 Å². The first-order valence-electron chi connectivity index (χ1n) is 7.31. The quantitative estimate of drug-likeness (QED) is 0.573. The summed E-state index contributed by atoms with van der Waals surface area (Å²) in [5.74, 6) is 5.43. The van der Waals surface area contributed by atoms with Gasteiger partial charge in [0.2, 0.25) is 0 Å². The van der Waals surface area contributed by atoms with E-state index in [2.05, 4.69) is 15.6 Å². The molecule has 2 heterocycles. The number of rotatable bonds is 3. The third kappa shape index (κ3) is 2.39. The number of amides is 1. The number of fused-ring (bicyclic) bond motifs is 1. The van der Waals surface area contributed by atoms with E-state index >= 15 is 0 Å². The van der Waals surface area contributed by atoms with Crippen molar-refractivity contribution in [2.45, 2.75) is 38.3 Å². The van der Waals surface area contributed by atoms with E-state index in [-0.39, 0.29) is 5.91 Å². The molecule has 2 unspecified atom stereocenters. The van der Waals surface area contributed by atoms with Gasteiger partial charge in [-0.15, -0.1) is 0 Å². The number of carbonyl (C=O) groups excluding carboxylic acids is 1. The Kier molecular flexibility index (Phi) is 3.63. The zero-order valence-electron chi connectivity index (χ0n) is 11.9. The summed E-state index contributed by atoms with van der Waals surface area (Å²) >= 11 is 0. The molecular weight excluding hydrogens is 252 g/mol. The van der Waals surface area contributed by atoms with E-state index in [1.807, 2.05) is 25.1 Å². The van der Waals surface area contributed by atoms with Crippen molar-refractivity contribution in [2.24, 2.45) is 5.84 Å². The Hall–Kier alpha value is -1.59. The molecule has 2 aliphatic rings. The molecular formula is C15H22N4O. The number of hydrazine groups is 1. The number of nitrogens with two attached hydrogens (primary N) is 1. The van der Waals surface area contributed by atoms with Crippen molar-refractivity contribution in [2.75, 3.05) is 18.5 Å². The fraction of sp³-hybridized carbons (Fsp3) is 0.533. The van der Waals surface area contributed by atoms with Crippen molar-refractivity contribution in [1.82, 2.24) is 10.2 Å². The average molecular weight is 274 g/mol. The molecule has 1 aromatic carbocycles. The summed E-state index contributed by atoms with van der Waals surface area (Å²) in [6.45, 7) is 4.25. The van der Waals surface area contributed by atoms with Crippen LogP contribution in [0.25, 0.3) is 0 Å². The summed E-state index contributed by atoms with van der Waals surface area (Å²) in [7, 11) is 0. The molecule has 4 N–H and O–H groups in total. The predicted octanol–water partition coefficient (Wildman–Crippen LogP) is 1.25. The number of anilines is 1. The molecule has 0 aliphatic carbocycles. The number of nitrogens with one attached hydrogen (secondary N) is 2. The van der Waals surface area contributed by atoms with Crippen LogP contribution in [-0.4, -0.2) is 36.0 Å². The topological polar surface area (TPSA) is 70.4 Å². The lowest BCUT2D eigenvalue weighted by atomic mass is 10.0. The maximum absolute atomic E-state index is 12.4. The Balaban J connectivity index is 1.68. The van der Waals surface area contributed by atoms with Gasteiger partial charge < -0.3 is 10.7 Å². The van der Waals surface area contributed by atoms with Gasteiger partial charge in [0, 0.05) is 24.2 Å². The van der Waals surface area contributed by atoms with Gasteiger partial charge in [0.15, 0.2) is 0 Å². The van der Waals surface area contributed by atoms with E-state index in [0.29, 0.717) is 17.6 Å². The van der Waals surface area contributed by atoms with Crippen molar-refractivity contribution >= 4 is 11.6 Å². The third-order valence-electron chi connectivity index (χ3n) is 4.57. The van der Waals surface area contributed by atoms with Crippen LogP contribution in [-0.2, 0) is 0 Å². The Labute approximate surface area is 119 Å². The highest BCUT2D eigenvalue weighted by Gasteiger charge is 2.37. The number of hydrogen-bond acceptors (Lipinski definition) is 4. The Morgan fingerprint density at radius 1 is 1.35 bits per heavy atom. The second-order valence-corrected chi connectivity index (χ2v) is 5.79. The third-order valence-corrected chi connectivity index (χ3v) is 4.57. The molecule has 0 spiro atoms. The monoisotopic (exact) mass is 274 g/mol. The number of benzene rings is 1. The predicted molar refractivity (Wildman–Crippen MR) is 79.5 cm³/mol. The lowest BCUT2D eigenvalue weighted by Gasteiger charge is -2.21. The number of aryl methyl sites for hydroxylation is 1. The molecule has 2 aliphatic heterocycles. The van der Waals surface area contributed by atoms with Crippen LogP contribution >= 0.6 is 0 Å². The first-order chi connectivity index (χ1) is 9.69. The first kappa shape index (κ1) is 13.4. The van der Waals surface area contributed by atoms with Crippen molar-refractivity contribution in [3.8, 4) is 0 Å². The van der Waals surface area contributed by atoms with Crippen molar-refractivity contribution in [3.63, 3.8) is 0 Å². The van der Waals surface area contributed by atoms with Crippen LogP contribution in [0.5, 0.6) is 0 Å². The van der Waals surface area contributed by atoms with Gasteiger partial charge >= 0.3 is 0 Å². The molecule has 5 nitrogen and oxygen atoms in total. The Morgan fingerprint density at radius 3 is 2.95 bits per heavy atom. The maximum Gasteiger partial charge on any atom is 0.251 e. The molecule has 2 fully saturated rings. The summed E-state index contributed by atoms with van der Waals surface area (Å²) in [5.41, 5.74) is 5.16.